The molecule has 0 saturated heterocycles. The lowest BCUT2D eigenvalue weighted by Crippen LogP contribution is -2.36. The Morgan fingerprint density at radius 2 is 2.24 bits per heavy atom. The normalized spacial score (nSPS) is 10.6. The smallest absolute Gasteiger partial charge is 0.317 e. The van der Waals surface area contributed by atoms with Gasteiger partial charge < -0.3 is 19.3 Å². The van der Waals surface area contributed by atoms with E-state index in [0.29, 0.717) is 35.5 Å². The zero-order chi connectivity index (χ0) is 15.2. The lowest BCUT2D eigenvalue weighted by Gasteiger charge is -2.15. The molecule has 0 aromatic carbocycles. The first-order valence-corrected chi connectivity index (χ1v) is 7.69. The van der Waals surface area contributed by atoms with Gasteiger partial charge in [0.2, 0.25) is 5.89 Å². The highest BCUT2D eigenvalue weighted by molar-refractivity contribution is 7.97. The van der Waals surface area contributed by atoms with Crippen molar-refractivity contribution in [3.63, 3.8) is 0 Å². The molecule has 0 aliphatic heterocycles. The third kappa shape index (κ3) is 4.48. The van der Waals surface area contributed by atoms with Gasteiger partial charge in [-0.3, -0.25) is 0 Å². The number of carbonyl (C=O) groups excluding carboxylic acids is 1. The first-order chi connectivity index (χ1) is 10.1. The van der Waals surface area contributed by atoms with Crippen molar-refractivity contribution < 1.29 is 13.8 Å². The fraction of sp³-hybridized carbons (Fsp3) is 0.500. The third-order valence-corrected chi connectivity index (χ3v) is 3.14. The second-order valence-electron chi connectivity index (χ2n) is 4.48. The molecule has 0 unspecified atom stereocenters. The maximum absolute atomic E-state index is 11.9. The van der Waals surface area contributed by atoms with Gasteiger partial charge >= 0.3 is 6.03 Å². The summed E-state index contributed by atoms with van der Waals surface area (Å²) in [4.78, 5) is 17.6. The van der Waals surface area contributed by atoms with Crippen molar-refractivity contribution in [1.82, 2.24) is 25.5 Å². The second-order valence-corrected chi connectivity index (χ2v) is 5.35. The molecule has 2 amide bonds. The Labute approximate surface area is 126 Å². The lowest BCUT2D eigenvalue weighted by atomic mass is 10.3. The van der Waals surface area contributed by atoms with Gasteiger partial charge in [0.1, 0.15) is 11.5 Å². The highest BCUT2D eigenvalue weighted by Crippen LogP contribution is 2.06. The van der Waals surface area contributed by atoms with Crippen LogP contribution in [0.5, 0.6) is 0 Å². The molecule has 2 heterocycles. The number of nitrogens with zero attached hydrogens (tertiary/aromatic N) is 4. The van der Waals surface area contributed by atoms with Crippen LogP contribution in [0.15, 0.2) is 15.1 Å². The maximum Gasteiger partial charge on any atom is 0.317 e. The summed E-state index contributed by atoms with van der Waals surface area (Å²) < 4.78 is 9.99. The van der Waals surface area contributed by atoms with Crippen molar-refractivity contribution in [3.05, 3.63) is 29.2 Å². The van der Waals surface area contributed by atoms with E-state index in [-0.39, 0.29) is 12.6 Å². The maximum atomic E-state index is 11.9. The summed E-state index contributed by atoms with van der Waals surface area (Å²) in [6.07, 6.45) is 1.96. The van der Waals surface area contributed by atoms with Crippen LogP contribution in [0.2, 0.25) is 0 Å². The Morgan fingerprint density at radius 3 is 2.90 bits per heavy atom. The van der Waals surface area contributed by atoms with Crippen LogP contribution in [0.25, 0.3) is 0 Å². The van der Waals surface area contributed by atoms with Crippen LogP contribution < -0.4 is 5.32 Å². The summed E-state index contributed by atoms with van der Waals surface area (Å²) in [5.41, 5.74) is 0.699. The Bertz CT molecular complexity index is 597. The van der Waals surface area contributed by atoms with E-state index in [2.05, 4.69) is 20.6 Å². The van der Waals surface area contributed by atoms with Crippen molar-refractivity contribution in [3.8, 4) is 0 Å². The number of rotatable bonds is 6. The van der Waals surface area contributed by atoms with E-state index in [1.807, 2.05) is 6.26 Å². The molecule has 9 heteroatoms. The van der Waals surface area contributed by atoms with Gasteiger partial charge in [-0.25, -0.2) is 4.79 Å². The zero-order valence-electron chi connectivity index (χ0n) is 12.1. The van der Waals surface area contributed by atoms with Crippen LogP contribution in [0.3, 0.4) is 0 Å². The highest BCUT2D eigenvalue weighted by Gasteiger charge is 2.13. The molecule has 21 heavy (non-hydrogen) atoms. The molecule has 0 fully saturated rings. The molecular formula is C12H17N5O3S. The molecule has 0 aliphatic carbocycles. The topological polar surface area (TPSA) is 97.3 Å². The monoisotopic (exact) mass is 311 g/mol. The van der Waals surface area contributed by atoms with E-state index in [4.69, 9.17) is 9.05 Å². The quantitative estimate of drug-likeness (QED) is 0.864. The SMILES string of the molecule is CSCc1noc(CNC(=O)N(C)Cc2cc(C)on2)n1. The van der Waals surface area contributed by atoms with Gasteiger partial charge in [-0.1, -0.05) is 10.3 Å². The van der Waals surface area contributed by atoms with E-state index in [9.17, 15) is 4.79 Å². The molecule has 0 bridgehead atoms. The molecule has 0 atom stereocenters. The fourth-order valence-electron chi connectivity index (χ4n) is 1.64. The molecule has 0 aliphatic rings. The highest BCUT2D eigenvalue weighted by atomic mass is 32.2. The number of nitrogens with one attached hydrogen (secondary N) is 1. The van der Waals surface area contributed by atoms with Gasteiger partial charge in [0, 0.05) is 13.1 Å². The molecule has 0 spiro atoms. The predicted molar refractivity (Wildman–Crippen MR) is 76.5 cm³/mol. The number of hydrogen-bond acceptors (Lipinski definition) is 7. The van der Waals surface area contributed by atoms with Gasteiger partial charge in [0.05, 0.1) is 18.8 Å². The fourth-order valence-corrected chi connectivity index (χ4v) is 2.02. The lowest BCUT2D eigenvalue weighted by molar-refractivity contribution is 0.203. The summed E-state index contributed by atoms with van der Waals surface area (Å²) in [7, 11) is 1.67. The standard InChI is InChI=1S/C12H17N5O3S/c1-8-4-9(15-19-8)6-17(2)12(18)13-5-11-14-10(7-21-3)16-20-11/h4H,5-7H2,1-3H3,(H,13,18). The number of hydrogen-bond donors (Lipinski definition) is 1. The number of aromatic nitrogens is 3. The molecule has 2 aromatic heterocycles. The largest absolute Gasteiger partial charge is 0.361 e. The number of thioether (sulfide) groups is 1. The first-order valence-electron chi connectivity index (χ1n) is 6.30. The average Bonchev–Trinajstić information content (AvgIpc) is 3.06. The summed E-state index contributed by atoms with van der Waals surface area (Å²) >= 11 is 1.60. The second kappa shape index (κ2) is 7.11. The van der Waals surface area contributed by atoms with Gasteiger partial charge in [-0.05, 0) is 13.2 Å². The van der Waals surface area contributed by atoms with Crippen LogP contribution >= 0.6 is 11.8 Å². The van der Waals surface area contributed by atoms with Gasteiger partial charge in [0.25, 0.3) is 0 Å². The Morgan fingerprint density at radius 1 is 1.43 bits per heavy atom. The van der Waals surface area contributed by atoms with Crippen LogP contribution in [0.1, 0.15) is 23.2 Å². The molecule has 2 rings (SSSR count). The molecular weight excluding hydrogens is 294 g/mol. The van der Waals surface area contributed by atoms with Crippen LogP contribution in [0.4, 0.5) is 4.79 Å². The van der Waals surface area contributed by atoms with Crippen molar-refractivity contribution in [2.24, 2.45) is 0 Å². The van der Waals surface area contributed by atoms with Crippen LogP contribution in [-0.2, 0) is 18.8 Å². The van der Waals surface area contributed by atoms with E-state index >= 15 is 0 Å². The van der Waals surface area contributed by atoms with Crippen molar-refractivity contribution >= 4 is 17.8 Å². The minimum Gasteiger partial charge on any atom is -0.361 e. The van der Waals surface area contributed by atoms with Crippen molar-refractivity contribution in [2.45, 2.75) is 25.8 Å². The van der Waals surface area contributed by atoms with Crippen molar-refractivity contribution in [1.29, 1.82) is 0 Å². The van der Waals surface area contributed by atoms with Gasteiger partial charge in [0.15, 0.2) is 5.82 Å². The van der Waals surface area contributed by atoms with E-state index in [1.54, 1.807) is 31.8 Å². The predicted octanol–water partition coefficient (Wildman–Crippen LogP) is 1.57. The van der Waals surface area contributed by atoms with Crippen molar-refractivity contribution in [2.75, 3.05) is 13.3 Å². The van der Waals surface area contributed by atoms with Crippen LogP contribution in [0, 0.1) is 6.92 Å². The van der Waals surface area contributed by atoms with Gasteiger partial charge in [-0.15, -0.1) is 0 Å². The zero-order valence-corrected chi connectivity index (χ0v) is 12.9. The molecule has 2 aromatic rings. The summed E-state index contributed by atoms with van der Waals surface area (Å²) in [6.45, 7) is 2.37. The van der Waals surface area contributed by atoms with E-state index in [1.165, 1.54) is 4.90 Å². The van der Waals surface area contributed by atoms with E-state index in [0.717, 1.165) is 0 Å². The number of amides is 2. The third-order valence-electron chi connectivity index (χ3n) is 2.60. The summed E-state index contributed by atoms with van der Waals surface area (Å²) in [6, 6.07) is 1.54. The minimum absolute atomic E-state index is 0.197. The Hall–Kier alpha value is -2.03. The summed E-state index contributed by atoms with van der Waals surface area (Å²) in [5, 5.41) is 10.4. The van der Waals surface area contributed by atoms with E-state index < -0.39 is 0 Å². The first kappa shape index (κ1) is 15.4. The minimum atomic E-state index is -0.250. The van der Waals surface area contributed by atoms with Gasteiger partial charge in [-0.2, -0.15) is 16.7 Å². The van der Waals surface area contributed by atoms with Crippen LogP contribution in [-0.4, -0.2) is 39.5 Å². The summed E-state index contributed by atoms with van der Waals surface area (Å²) in [5.74, 6) is 2.41. The molecule has 8 nitrogen and oxygen atoms in total. The Balaban J connectivity index is 1.80. The number of carbonyl (C=O) groups is 1. The average molecular weight is 311 g/mol. The Kier molecular flexibility index (Phi) is 5.20. The molecule has 0 radical (unpaired) electrons. The molecule has 114 valence electrons. The number of aryl methyl sites for hydroxylation is 1. The molecule has 1 N–H and O–H groups in total. The molecule has 0 saturated carbocycles. The number of urea groups is 1.